The Bertz CT molecular complexity index is 871. The molecule has 2 aliphatic rings. The zero-order valence-electron chi connectivity index (χ0n) is 13.4. The minimum atomic E-state index is -0.310. The average Bonchev–Trinajstić information content (AvgIpc) is 2.98. The lowest BCUT2D eigenvalue weighted by molar-refractivity contribution is 0.159. The molecule has 0 fully saturated rings. The van der Waals surface area contributed by atoms with Crippen molar-refractivity contribution in [1.29, 1.82) is 0 Å². The van der Waals surface area contributed by atoms with E-state index < -0.39 is 0 Å². The van der Waals surface area contributed by atoms with E-state index in [1.54, 1.807) is 12.3 Å². The van der Waals surface area contributed by atoms with Crippen molar-refractivity contribution < 1.29 is 14.2 Å². The standard InChI is InChI=1S/C19H16ClNO3/c1-19(2)7-6-13-15(4-3-5-16(13)24-19)21-10-12-8-17-18(9-14(12)20)23-11-22-17/h3-10H,11H2,1-2H3. The highest BCUT2D eigenvalue weighted by Gasteiger charge is 2.22. The van der Waals surface area contributed by atoms with E-state index in [2.05, 4.69) is 4.99 Å². The van der Waals surface area contributed by atoms with E-state index in [0.29, 0.717) is 16.5 Å². The topological polar surface area (TPSA) is 40.0 Å². The molecule has 0 unspecified atom stereocenters. The van der Waals surface area contributed by atoms with Gasteiger partial charge in [0.25, 0.3) is 0 Å². The third-order valence-electron chi connectivity index (χ3n) is 3.90. The number of halogens is 1. The third kappa shape index (κ3) is 2.74. The molecule has 0 saturated carbocycles. The molecule has 0 N–H and O–H groups in total. The van der Waals surface area contributed by atoms with Gasteiger partial charge in [0.2, 0.25) is 6.79 Å². The van der Waals surface area contributed by atoms with Gasteiger partial charge in [-0.05, 0) is 44.2 Å². The van der Waals surface area contributed by atoms with Crippen LogP contribution in [-0.2, 0) is 0 Å². The first-order valence-electron chi connectivity index (χ1n) is 7.66. The van der Waals surface area contributed by atoms with Gasteiger partial charge in [-0.2, -0.15) is 0 Å². The van der Waals surface area contributed by atoms with Crippen LogP contribution >= 0.6 is 11.6 Å². The van der Waals surface area contributed by atoms with Gasteiger partial charge in [-0.3, -0.25) is 4.99 Å². The van der Waals surface area contributed by atoms with Gasteiger partial charge in [-0.1, -0.05) is 17.7 Å². The van der Waals surface area contributed by atoms with E-state index in [4.69, 9.17) is 25.8 Å². The Morgan fingerprint density at radius 3 is 2.75 bits per heavy atom. The van der Waals surface area contributed by atoms with Crippen molar-refractivity contribution in [2.45, 2.75) is 19.4 Å². The third-order valence-corrected chi connectivity index (χ3v) is 4.23. The Balaban J connectivity index is 1.69. The van der Waals surface area contributed by atoms with Crippen LogP contribution in [-0.4, -0.2) is 18.6 Å². The smallest absolute Gasteiger partial charge is 0.231 e. The van der Waals surface area contributed by atoms with Crippen LogP contribution in [0.4, 0.5) is 5.69 Å². The number of rotatable bonds is 2. The molecule has 2 aromatic carbocycles. The molecule has 0 amide bonds. The van der Waals surface area contributed by atoms with Crippen molar-refractivity contribution in [2.24, 2.45) is 4.99 Å². The van der Waals surface area contributed by atoms with Crippen LogP contribution in [0, 0.1) is 0 Å². The van der Waals surface area contributed by atoms with Crippen molar-refractivity contribution in [3.63, 3.8) is 0 Å². The number of benzene rings is 2. The molecule has 0 saturated heterocycles. The lowest BCUT2D eigenvalue weighted by Gasteiger charge is -2.28. The summed E-state index contributed by atoms with van der Waals surface area (Å²) in [6.07, 6.45) is 5.81. The zero-order valence-corrected chi connectivity index (χ0v) is 14.1. The largest absolute Gasteiger partial charge is 0.483 e. The molecule has 24 heavy (non-hydrogen) atoms. The van der Waals surface area contributed by atoms with Gasteiger partial charge in [0, 0.05) is 23.4 Å². The molecule has 0 aliphatic carbocycles. The van der Waals surface area contributed by atoms with E-state index in [-0.39, 0.29) is 12.4 Å². The lowest BCUT2D eigenvalue weighted by atomic mass is 10.0. The molecule has 2 aromatic rings. The molecule has 122 valence electrons. The predicted octanol–water partition coefficient (Wildman–Crippen LogP) is 5.00. The fourth-order valence-electron chi connectivity index (χ4n) is 2.67. The number of nitrogens with zero attached hydrogens (tertiary/aromatic N) is 1. The second-order valence-corrected chi connectivity index (χ2v) is 6.62. The van der Waals surface area contributed by atoms with Crippen LogP contribution in [0.1, 0.15) is 25.0 Å². The Hall–Kier alpha value is -2.46. The number of hydrogen-bond acceptors (Lipinski definition) is 4. The van der Waals surface area contributed by atoms with Crippen LogP contribution in [0.5, 0.6) is 17.2 Å². The van der Waals surface area contributed by atoms with Crippen molar-refractivity contribution in [2.75, 3.05) is 6.79 Å². The summed E-state index contributed by atoms with van der Waals surface area (Å²) in [5.41, 5.74) is 2.26. The number of ether oxygens (including phenoxy) is 3. The molecule has 5 heteroatoms. The van der Waals surface area contributed by atoms with Crippen LogP contribution in [0.25, 0.3) is 6.08 Å². The van der Waals surface area contributed by atoms with E-state index in [0.717, 1.165) is 22.6 Å². The summed E-state index contributed by atoms with van der Waals surface area (Å²) in [6.45, 7) is 4.26. The molecule has 0 atom stereocenters. The maximum Gasteiger partial charge on any atom is 0.231 e. The van der Waals surface area contributed by atoms with Crippen LogP contribution < -0.4 is 14.2 Å². The van der Waals surface area contributed by atoms with Gasteiger partial charge in [-0.15, -0.1) is 0 Å². The Morgan fingerprint density at radius 2 is 1.92 bits per heavy atom. The molecule has 0 spiro atoms. The Kier molecular flexibility index (Phi) is 3.50. The predicted molar refractivity (Wildman–Crippen MR) is 95.0 cm³/mol. The highest BCUT2D eigenvalue weighted by molar-refractivity contribution is 6.33. The minimum absolute atomic E-state index is 0.219. The quantitative estimate of drug-likeness (QED) is 0.721. The summed E-state index contributed by atoms with van der Waals surface area (Å²) in [5, 5.41) is 0.570. The maximum atomic E-state index is 6.29. The molecule has 0 radical (unpaired) electrons. The van der Waals surface area contributed by atoms with Gasteiger partial charge < -0.3 is 14.2 Å². The van der Waals surface area contributed by atoms with E-state index in [1.807, 2.05) is 50.3 Å². The van der Waals surface area contributed by atoms with E-state index >= 15 is 0 Å². The van der Waals surface area contributed by atoms with E-state index in [1.165, 1.54) is 0 Å². The van der Waals surface area contributed by atoms with E-state index in [9.17, 15) is 0 Å². The molecule has 0 bridgehead atoms. The van der Waals surface area contributed by atoms with Gasteiger partial charge in [0.15, 0.2) is 11.5 Å². The zero-order chi connectivity index (χ0) is 16.7. The number of hydrogen-bond donors (Lipinski definition) is 0. The van der Waals surface area contributed by atoms with Gasteiger partial charge in [-0.25, -0.2) is 0 Å². The first-order chi connectivity index (χ1) is 11.5. The second-order valence-electron chi connectivity index (χ2n) is 6.21. The number of aliphatic imine (C=N–C) groups is 1. The fraction of sp³-hybridized carbons (Fsp3) is 0.211. The number of fused-ring (bicyclic) bond motifs is 2. The van der Waals surface area contributed by atoms with Gasteiger partial charge >= 0.3 is 0 Å². The lowest BCUT2D eigenvalue weighted by Crippen LogP contribution is -2.27. The first kappa shape index (κ1) is 15.1. The second kappa shape index (κ2) is 5.56. The minimum Gasteiger partial charge on any atom is -0.483 e. The highest BCUT2D eigenvalue weighted by atomic mass is 35.5. The molecule has 0 aromatic heterocycles. The SMILES string of the molecule is CC1(C)C=Cc2c(N=Cc3cc4c(cc3Cl)OCO4)cccc2O1. The van der Waals surface area contributed by atoms with Gasteiger partial charge in [0.05, 0.1) is 10.7 Å². The summed E-state index contributed by atoms with van der Waals surface area (Å²) in [4.78, 5) is 4.59. The summed E-state index contributed by atoms with van der Waals surface area (Å²) >= 11 is 6.29. The molecule has 2 heterocycles. The Labute approximate surface area is 145 Å². The normalized spacial score (nSPS) is 17.0. The summed E-state index contributed by atoms with van der Waals surface area (Å²) < 4.78 is 16.7. The monoisotopic (exact) mass is 341 g/mol. The molecular formula is C19H16ClNO3. The molecule has 4 rings (SSSR count). The van der Waals surface area contributed by atoms with Crippen molar-refractivity contribution >= 4 is 29.6 Å². The first-order valence-corrected chi connectivity index (χ1v) is 8.04. The fourth-order valence-corrected chi connectivity index (χ4v) is 2.88. The highest BCUT2D eigenvalue weighted by Crippen LogP contribution is 2.38. The Morgan fingerprint density at radius 1 is 1.12 bits per heavy atom. The molecule has 2 aliphatic heterocycles. The molecule has 4 nitrogen and oxygen atoms in total. The summed E-state index contributed by atoms with van der Waals surface area (Å²) in [6, 6.07) is 9.41. The van der Waals surface area contributed by atoms with Crippen LogP contribution in [0.2, 0.25) is 5.02 Å². The van der Waals surface area contributed by atoms with Crippen LogP contribution in [0.3, 0.4) is 0 Å². The van der Waals surface area contributed by atoms with Gasteiger partial charge in [0.1, 0.15) is 11.4 Å². The van der Waals surface area contributed by atoms with Crippen LogP contribution in [0.15, 0.2) is 41.4 Å². The summed E-state index contributed by atoms with van der Waals surface area (Å²) in [7, 11) is 0. The van der Waals surface area contributed by atoms with Crippen molar-refractivity contribution in [3.05, 3.63) is 52.6 Å². The van der Waals surface area contributed by atoms with Crippen molar-refractivity contribution in [1.82, 2.24) is 0 Å². The molecular weight excluding hydrogens is 326 g/mol. The average molecular weight is 342 g/mol. The van der Waals surface area contributed by atoms with Crippen molar-refractivity contribution in [3.8, 4) is 17.2 Å². The maximum absolute atomic E-state index is 6.29. The summed E-state index contributed by atoms with van der Waals surface area (Å²) in [5.74, 6) is 2.17.